The van der Waals surface area contributed by atoms with Gasteiger partial charge in [-0.05, 0) is 37.1 Å². The van der Waals surface area contributed by atoms with E-state index < -0.39 is 0 Å². The molecule has 108 valence electrons. The van der Waals surface area contributed by atoms with Gasteiger partial charge < -0.3 is 10.2 Å². The van der Waals surface area contributed by atoms with E-state index in [9.17, 15) is 9.59 Å². The summed E-state index contributed by atoms with van der Waals surface area (Å²) in [5.74, 6) is 0.729. The molecule has 2 amide bonds. The Morgan fingerprint density at radius 1 is 1.25 bits per heavy atom. The molecule has 1 saturated heterocycles. The Hall–Kier alpha value is -1.36. The SMILES string of the molecule is O=C(Cc1cccs1)NC1CCN(C(=O)C2CC2)CC1. The van der Waals surface area contributed by atoms with Crippen LogP contribution in [-0.2, 0) is 16.0 Å². The number of hydrogen-bond acceptors (Lipinski definition) is 3. The number of carbonyl (C=O) groups excluding carboxylic acids is 2. The van der Waals surface area contributed by atoms with Gasteiger partial charge in [0.05, 0.1) is 6.42 Å². The van der Waals surface area contributed by atoms with Crippen LogP contribution in [0.2, 0.25) is 0 Å². The van der Waals surface area contributed by atoms with Gasteiger partial charge in [0.1, 0.15) is 0 Å². The molecule has 0 spiro atoms. The van der Waals surface area contributed by atoms with Crippen molar-refractivity contribution in [2.45, 2.75) is 38.1 Å². The summed E-state index contributed by atoms with van der Waals surface area (Å²) < 4.78 is 0. The van der Waals surface area contributed by atoms with Crippen LogP contribution in [0.25, 0.3) is 0 Å². The standard InChI is InChI=1S/C15H20N2O2S/c18-14(10-13-2-1-9-20-13)16-12-5-7-17(8-6-12)15(19)11-3-4-11/h1-2,9,11-12H,3-8,10H2,(H,16,18). The molecular formula is C15H20N2O2S. The second-order valence-corrected chi connectivity index (χ2v) is 6.73. The van der Waals surface area contributed by atoms with Gasteiger partial charge in [-0.3, -0.25) is 9.59 Å². The van der Waals surface area contributed by atoms with E-state index in [0.717, 1.165) is 43.6 Å². The van der Waals surface area contributed by atoms with Crippen LogP contribution >= 0.6 is 11.3 Å². The van der Waals surface area contributed by atoms with E-state index in [2.05, 4.69) is 5.32 Å². The molecule has 2 aliphatic rings. The second kappa shape index (κ2) is 5.95. The third kappa shape index (κ3) is 3.39. The van der Waals surface area contributed by atoms with Gasteiger partial charge in [0, 0.05) is 29.9 Å². The first-order chi connectivity index (χ1) is 9.72. The normalized spacial score (nSPS) is 19.9. The maximum absolute atomic E-state index is 11.9. The Bertz CT molecular complexity index is 474. The monoisotopic (exact) mass is 292 g/mol. The number of likely N-dealkylation sites (tertiary alicyclic amines) is 1. The van der Waals surface area contributed by atoms with Crippen molar-refractivity contribution in [3.8, 4) is 0 Å². The summed E-state index contributed by atoms with van der Waals surface area (Å²) in [7, 11) is 0. The van der Waals surface area contributed by atoms with Crippen LogP contribution in [0, 0.1) is 5.92 Å². The minimum absolute atomic E-state index is 0.0967. The lowest BCUT2D eigenvalue weighted by atomic mass is 10.0. The van der Waals surface area contributed by atoms with Crippen LogP contribution in [0.15, 0.2) is 17.5 Å². The lowest BCUT2D eigenvalue weighted by Gasteiger charge is -2.32. The van der Waals surface area contributed by atoms with Crippen LogP contribution in [0.1, 0.15) is 30.6 Å². The van der Waals surface area contributed by atoms with Crippen LogP contribution in [-0.4, -0.2) is 35.8 Å². The Morgan fingerprint density at radius 3 is 2.60 bits per heavy atom. The summed E-state index contributed by atoms with van der Waals surface area (Å²) in [6, 6.07) is 4.18. The minimum atomic E-state index is 0.0967. The fourth-order valence-electron chi connectivity index (χ4n) is 2.68. The molecule has 1 aromatic rings. The maximum atomic E-state index is 11.9. The van der Waals surface area contributed by atoms with Crippen molar-refractivity contribution < 1.29 is 9.59 Å². The quantitative estimate of drug-likeness (QED) is 0.920. The number of nitrogens with one attached hydrogen (secondary N) is 1. The Morgan fingerprint density at radius 2 is 2.00 bits per heavy atom. The number of piperidine rings is 1. The molecule has 2 fully saturated rings. The van der Waals surface area contributed by atoms with Crippen LogP contribution in [0.4, 0.5) is 0 Å². The van der Waals surface area contributed by atoms with Crippen LogP contribution in [0.3, 0.4) is 0 Å². The molecule has 1 aliphatic heterocycles. The van der Waals surface area contributed by atoms with E-state index in [0.29, 0.717) is 18.2 Å². The van der Waals surface area contributed by atoms with E-state index in [1.54, 1.807) is 11.3 Å². The highest BCUT2D eigenvalue weighted by Crippen LogP contribution is 2.31. The lowest BCUT2D eigenvalue weighted by Crippen LogP contribution is -2.47. The van der Waals surface area contributed by atoms with Crippen molar-refractivity contribution in [3.05, 3.63) is 22.4 Å². The lowest BCUT2D eigenvalue weighted by molar-refractivity contribution is -0.133. The molecule has 1 aliphatic carbocycles. The zero-order valence-corrected chi connectivity index (χ0v) is 12.3. The molecular weight excluding hydrogens is 272 g/mol. The van der Waals surface area contributed by atoms with Crippen molar-refractivity contribution in [2.75, 3.05) is 13.1 Å². The Balaban J connectivity index is 1.41. The van der Waals surface area contributed by atoms with E-state index >= 15 is 0 Å². The zero-order chi connectivity index (χ0) is 13.9. The molecule has 0 aromatic carbocycles. The van der Waals surface area contributed by atoms with Gasteiger partial charge in [-0.1, -0.05) is 6.07 Å². The summed E-state index contributed by atoms with van der Waals surface area (Å²) in [4.78, 5) is 26.9. The predicted molar refractivity (Wildman–Crippen MR) is 78.5 cm³/mol. The number of nitrogens with zero attached hydrogens (tertiary/aromatic N) is 1. The third-order valence-electron chi connectivity index (χ3n) is 4.01. The highest BCUT2D eigenvalue weighted by molar-refractivity contribution is 7.10. The van der Waals surface area contributed by atoms with Gasteiger partial charge in [0.15, 0.2) is 0 Å². The van der Waals surface area contributed by atoms with E-state index in [1.807, 2.05) is 22.4 Å². The molecule has 20 heavy (non-hydrogen) atoms. The van der Waals surface area contributed by atoms with Gasteiger partial charge in [-0.15, -0.1) is 11.3 Å². The smallest absolute Gasteiger partial charge is 0.225 e. The molecule has 2 heterocycles. The minimum Gasteiger partial charge on any atom is -0.353 e. The van der Waals surface area contributed by atoms with Crippen molar-refractivity contribution in [1.82, 2.24) is 10.2 Å². The second-order valence-electron chi connectivity index (χ2n) is 5.70. The van der Waals surface area contributed by atoms with Crippen molar-refractivity contribution >= 4 is 23.2 Å². The van der Waals surface area contributed by atoms with Crippen LogP contribution in [0.5, 0.6) is 0 Å². The summed E-state index contributed by atoms with van der Waals surface area (Å²) in [5.41, 5.74) is 0. The van der Waals surface area contributed by atoms with E-state index in [4.69, 9.17) is 0 Å². The van der Waals surface area contributed by atoms with E-state index in [-0.39, 0.29) is 11.9 Å². The molecule has 0 radical (unpaired) electrons. The zero-order valence-electron chi connectivity index (χ0n) is 11.5. The molecule has 3 rings (SSSR count). The largest absolute Gasteiger partial charge is 0.353 e. The summed E-state index contributed by atoms with van der Waals surface area (Å²) >= 11 is 1.61. The molecule has 4 nitrogen and oxygen atoms in total. The highest BCUT2D eigenvalue weighted by atomic mass is 32.1. The van der Waals surface area contributed by atoms with Crippen molar-refractivity contribution in [2.24, 2.45) is 5.92 Å². The first-order valence-corrected chi connectivity index (χ1v) is 8.21. The molecule has 5 heteroatoms. The Labute approximate surface area is 123 Å². The van der Waals surface area contributed by atoms with Gasteiger partial charge in [-0.25, -0.2) is 0 Å². The predicted octanol–water partition coefficient (Wildman–Crippen LogP) is 1.81. The average molecular weight is 292 g/mol. The number of carbonyl (C=O) groups is 2. The number of rotatable bonds is 4. The maximum Gasteiger partial charge on any atom is 0.225 e. The highest BCUT2D eigenvalue weighted by Gasteiger charge is 2.35. The Kier molecular flexibility index (Phi) is 4.05. The number of hydrogen-bond donors (Lipinski definition) is 1. The van der Waals surface area contributed by atoms with Gasteiger partial charge in [0.25, 0.3) is 0 Å². The summed E-state index contributed by atoms with van der Waals surface area (Å²) in [6.07, 6.45) is 4.37. The van der Waals surface area contributed by atoms with E-state index in [1.165, 1.54) is 0 Å². The first-order valence-electron chi connectivity index (χ1n) is 7.33. The number of thiophene rings is 1. The number of amides is 2. The molecule has 0 unspecified atom stereocenters. The molecule has 1 saturated carbocycles. The van der Waals surface area contributed by atoms with Crippen molar-refractivity contribution in [3.63, 3.8) is 0 Å². The first kappa shape index (κ1) is 13.6. The van der Waals surface area contributed by atoms with Crippen molar-refractivity contribution in [1.29, 1.82) is 0 Å². The fourth-order valence-corrected chi connectivity index (χ4v) is 3.39. The van der Waals surface area contributed by atoms with Crippen LogP contribution < -0.4 is 5.32 Å². The van der Waals surface area contributed by atoms with Gasteiger partial charge in [0.2, 0.25) is 11.8 Å². The third-order valence-corrected chi connectivity index (χ3v) is 4.89. The summed E-state index contributed by atoms with van der Waals surface area (Å²) in [5, 5.41) is 5.08. The average Bonchev–Trinajstić information content (AvgIpc) is 3.18. The molecule has 1 N–H and O–H groups in total. The topological polar surface area (TPSA) is 49.4 Å². The molecule has 0 bridgehead atoms. The van der Waals surface area contributed by atoms with Gasteiger partial charge in [-0.2, -0.15) is 0 Å². The fraction of sp³-hybridized carbons (Fsp3) is 0.600. The molecule has 1 aromatic heterocycles. The summed E-state index contributed by atoms with van der Waals surface area (Å²) in [6.45, 7) is 1.58. The van der Waals surface area contributed by atoms with Gasteiger partial charge >= 0.3 is 0 Å². The molecule has 0 atom stereocenters.